The fourth-order valence-electron chi connectivity index (χ4n) is 3.24. The number of hydrogen-bond acceptors (Lipinski definition) is 9. The summed E-state index contributed by atoms with van der Waals surface area (Å²) in [6, 6.07) is 0. The molecule has 176 valence electrons. The van der Waals surface area contributed by atoms with E-state index in [2.05, 4.69) is 20.9 Å². The molecule has 0 unspecified atom stereocenters. The van der Waals surface area contributed by atoms with Gasteiger partial charge in [0, 0.05) is 65.4 Å². The van der Waals surface area contributed by atoms with Gasteiger partial charge in [-0.25, -0.2) is 0 Å². The number of carbonyl (C=O) groups is 1. The quantitative estimate of drug-likeness (QED) is 0.458. The molecule has 2 fully saturated rings. The first-order chi connectivity index (χ1) is 14.9. The summed E-state index contributed by atoms with van der Waals surface area (Å²) in [6.07, 6.45) is 0. The predicted octanol–water partition coefficient (Wildman–Crippen LogP) is -2.02. The minimum atomic E-state index is 0.118. The van der Waals surface area contributed by atoms with Crippen molar-refractivity contribution in [3.8, 4) is 0 Å². The van der Waals surface area contributed by atoms with Crippen LogP contribution >= 0.6 is 0 Å². The number of carbonyl (C=O) groups excluding carboxylic acids is 1. The van der Waals surface area contributed by atoms with E-state index in [9.17, 15) is 4.79 Å². The Morgan fingerprint density at radius 3 is 1.43 bits per heavy atom. The second kappa shape index (κ2) is 17.8. The Balaban J connectivity index is 1.80. The number of rotatable bonds is 2. The summed E-state index contributed by atoms with van der Waals surface area (Å²) in [5, 5.41) is 10.3. The highest BCUT2D eigenvalue weighted by Crippen LogP contribution is 1.97. The zero-order valence-electron chi connectivity index (χ0n) is 18.4. The molecule has 30 heavy (non-hydrogen) atoms. The third kappa shape index (κ3) is 12.8. The molecular weight excluding hydrogens is 390 g/mol. The molecule has 2 saturated heterocycles. The molecule has 0 bridgehead atoms. The van der Waals surface area contributed by atoms with Gasteiger partial charge in [0.2, 0.25) is 5.91 Å². The topological polar surface area (TPSA) is 96.6 Å². The summed E-state index contributed by atoms with van der Waals surface area (Å²) in [5.41, 5.74) is 0. The third-order valence-corrected chi connectivity index (χ3v) is 5.01. The second-order valence-electron chi connectivity index (χ2n) is 7.36. The van der Waals surface area contributed by atoms with Gasteiger partial charge >= 0.3 is 0 Å². The molecule has 2 rings (SSSR count). The first-order valence-electron chi connectivity index (χ1n) is 11.3. The average molecular weight is 432 g/mol. The van der Waals surface area contributed by atoms with Crippen molar-refractivity contribution in [2.45, 2.75) is 0 Å². The van der Waals surface area contributed by atoms with Crippen molar-refractivity contribution in [3.05, 3.63) is 0 Å². The van der Waals surface area contributed by atoms with Crippen molar-refractivity contribution < 1.29 is 23.7 Å². The van der Waals surface area contributed by atoms with Crippen molar-refractivity contribution in [2.24, 2.45) is 0 Å². The molecular formula is C20H41N5O5. The van der Waals surface area contributed by atoms with Crippen LogP contribution in [0.4, 0.5) is 0 Å². The molecule has 0 aromatic carbocycles. The van der Waals surface area contributed by atoms with E-state index in [1.165, 1.54) is 0 Å². The minimum Gasteiger partial charge on any atom is -0.377 e. The molecule has 3 N–H and O–H groups in total. The molecule has 0 aliphatic carbocycles. The Labute approximate surface area is 180 Å². The molecule has 0 aromatic rings. The van der Waals surface area contributed by atoms with Crippen LogP contribution in [0.15, 0.2) is 0 Å². The van der Waals surface area contributed by atoms with E-state index in [0.29, 0.717) is 72.5 Å². The van der Waals surface area contributed by atoms with E-state index in [-0.39, 0.29) is 5.91 Å². The van der Waals surface area contributed by atoms with Crippen molar-refractivity contribution in [3.63, 3.8) is 0 Å². The van der Waals surface area contributed by atoms with Crippen LogP contribution in [0.3, 0.4) is 0 Å². The lowest BCUT2D eigenvalue weighted by atomic mass is 10.3. The van der Waals surface area contributed by atoms with E-state index < -0.39 is 0 Å². The molecule has 10 nitrogen and oxygen atoms in total. The van der Waals surface area contributed by atoms with E-state index in [0.717, 1.165) is 52.4 Å². The monoisotopic (exact) mass is 431 g/mol. The van der Waals surface area contributed by atoms with Gasteiger partial charge in [0.05, 0.1) is 59.4 Å². The first kappa shape index (κ1) is 25.4. The van der Waals surface area contributed by atoms with E-state index in [1.807, 2.05) is 4.90 Å². The molecule has 2 aliphatic rings. The van der Waals surface area contributed by atoms with Gasteiger partial charge in [-0.05, 0) is 0 Å². The fourth-order valence-corrected chi connectivity index (χ4v) is 3.24. The van der Waals surface area contributed by atoms with Gasteiger partial charge in [0.25, 0.3) is 0 Å². The highest BCUT2D eigenvalue weighted by Gasteiger charge is 2.17. The Kier molecular flexibility index (Phi) is 15.1. The largest absolute Gasteiger partial charge is 0.377 e. The Hall–Kier alpha value is -0.850. The zero-order valence-corrected chi connectivity index (χ0v) is 18.4. The maximum atomic E-state index is 13.0. The smallest absolute Gasteiger partial charge is 0.236 e. The van der Waals surface area contributed by atoms with Crippen LogP contribution < -0.4 is 16.0 Å². The zero-order chi connectivity index (χ0) is 21.1. The lowest BCUT2D eigenvalue weighted by Crippen LogP contribution is -2.47. The lowest BCUT2D eigenvalue weighted by molar-refractivity contribution is -0.134. The normalized spacial score (nSPS) is 24.1. The van der Waals surface area contributed by atoms with Crippen LogP contribution in [0.2, 0.25) is 0 Å². The van der Waals surface area contributed by atoms with Crippen molar-refractivity contribution in [1.82, 2.24) is 25.8 Å². The molecule has 2 aliphatic heterocycles. The molecule has 0 saturated carbocycles. The SMILES string of the molecule is O=C(CN1CCNCCNCCNCC1)N1CCOCCOCCOCCOCC1. The molecule has 0 atom stereocenters. The van der Waals surface area contributed by atoms with Crippen LogP contribution in [-0.2, 0) is 23.7 Å². The summed E-state index contributed by atoms with van der Waals surface area (Å²) in [4.78, 5) is 17.1. The summed E-state index contributed by atoms with van der Waals surface area (Å²) in [7, 11) is 0. The van der Waals surface area contributed by atoms with Crippen LogP contribution in [0.25, 0.3) is 0 Å². The van der Waals surface area contributed by atoms with Crippen LogP contribution in [0, 0.1) is 0 Å². The Morgan fingerprint density at radius 2 is 0.967 bits per heavy atom. The Bertz CT molecular complexity index is 404. The Morgan fingerprint density at radius 1 is 0.567 bits per heavy atom. The second-order valence-corrected chi connectivity index (χ2v) is 7.36. The van der Waals surface area contributed by atoms with Crippen LogP contribution in [0.5, 0.6) is 0 Å². The standard InChI is InChI=1S/C20H41N5O5/c26-20(19-24-7-5-22-3-1-21-2-4-23-6-8-24)25-9-11-27-13-15-29-17-18-30-16-14-28-12-10-25/h21-23H,1-19H2. The summed E-state index contributed by atoms with van der Waals surface area (Å²) < 4.78 is 22.2. The van der Waals surface area contributed by atoms with Gasteiger partial charge in [-0.2, -0.15) is 0 Å². The summed E-state index contributed by atoms with van der Waals surface area (Å²) >= 11 is 0. The van der Waals surface area contributed by atoms with Gasteiger partial charge < -0.3 is 39.8 Å². The summed E-state index contributed by atoms with van der Waals surface area (Å²) in [5.74, 6) is 0.118. The maximum Gasteiger partial charge on any atom is 0.236 e. The number of nitrogens with zero attached hydrogens (tertiary/aromatic N) is 2. The van der Waals surface area contributed by atoms with Gasteiger partial charge in [-0.1, -0.05) is 0 Å². The average Bonchev–Trinajstić information content (AvgIpc) is 2.75. The number of hydrogen-bond donors (Lipinski definition) is 3. The van der Waals surface area contributed by atoms with Gasteiger partial charge in [0.1, 0.15) is 0 Å². The molecule has 10 heteroatoms. The number of ether oxygens (including phenoxy) is 4. The van der Waals surface area contributed by atoms with Gasteiger partial charge in [-0.15, -0.1) is 0 Å². The lowest BCUT2D eigenvalue weighted by Gasteiger charge is -2.28. The highest BCUT2D eigenvalue weighted by molar-refractivity contribution is 5.78. The highest BCUT2D eigenvalue weighted by atomic mass is 16.6. The summed E-state index contributed by atoms with van der Waals surface area (Å²) in [6.45, 7) is 13.0. The molecule has 2 heterocycles. The molecule has 1 amide bonds. The minimum absolute atomic E-state index is 0.118. The number of nitrogens with one attached hydrogen (secondary N) is 3. The molecule has 0 radical (unpaired) electrons. The maximum absolute atomic E-state index is 13.0. The first-order valence-corrected chi connectivity index (χ1v) is 11.3. The van der Waals surface area contributed by atoms with Crippen LogP contribution in [-0.4, -0.2) is 141 Å². The predicted molar refractivity (Wildman–Crippen MR) is 115 cm³/mol. The van der Waals surface area contributed by atoms with E-state index in [4.69, 9.17) is 18.9 Å². The third-order valence-electron chi connectivity index (χ3n) is 5.01. The van der Waals surface area contributed by atoms with Crippen molar-refractivity contribution >= 4 is 5.91 Å². The fraction of sp³-hybridized carbons (Fsp3) is 0.950. The van der Waals surface area contributed by atoms with Crippen molar-refractivity contribution in [1.29, 1.82) is 0 Å². The van der Waals surface area contributed by atoms with E-state index in [1.54, 1.807) is 0 Å². The van der Waals surface area contributed by atoms with Gasteiger partial charge in [0.15, 0.2) is 0 Å². The van der Waals surface area contributed by atoms with Gasteiger partial charge in [-0.3, -0.25) is 9.69 Å². The molecule has 0 aromatic heterocycles. The number of amides is 1. The van der Waals surface area contributed by atoms with E-state index >= 15 is 0 Å². The van der Waals surface area contributed by atoms with Crippen molar-refractivity contribution in [2.75, 3.05) is 125 Å². The van der Waals surface area contributed by atoms with Crippen LogP contribution in [0.1, 0.15) is 0 Å². The molecule has 0 spiro atoms.